The first kappa shape index (κ1) is 22.2. The zero-order valence-corrected chi connectivity index (χ0v) is 17.1. The van der Waals surface area contributed by atoms with Crippen LogP contribution in [0.4, 0.5) is 0 Å². The number of benzene rings is 1. The molecule has 0 radical (unpaired) electrons. The van der Waals surface area contributed by atoms with Crippen LogP contribution in [0.15, 0.2) is 30.3 Å². The largest absolute Gasteiger partial charge is 0.314 e. The van der Waals surface area contributed by atoms with E-state index in [1.165, 1.54) is 89.0 Å². The van der Waals surface area contributed by atoms with Crippen LogP contribution in [0.1, 0.15) is 103 Å². The summed E-state index contributed by atoms with van der Waals surface area (Å²) in [5, 5.41) is 3.86. The SMILES string of the molecule is CCCCCCCCCC(CCCCCC)NCCc1ccccc1. The summed E-state index contributed by atoms with van der Waals surface area (Å²) in [5.74, 6) is 0. The highest BCUT2D eigenvalue weighted by molar-refractivity contribution is 5.14. The van der Waals surface area contributed by atoms with Crippen LogP contribution >= 0.6 is 0 Å². The van der Waals surface area contributed by atoms with Gasteiger partial charge in [-0.25, -0.2) is 0 Å². The lowest BCUT2D eigenvalue weighted by atomic mass is 10.00. The van der Waals surface area contributed by atoms with Gasteiger partial charge in [0.1, 0.15) is 0 Å². The fourth-order valence-corrected chi connectivity index (χ4v) is 3.58. The van der Waals surface area contributed by atoms with E-state index >= 15 is 0 Å². The van der Waals surface area contributed by atoms with Gasteiger partial charge in [-0.05, 0) is 31.4 Å². The molecule has 1 aromatic carbocycles. The molecule has 0 saturated heterocycles. The highest BCUT2D eigenvalue weighted by Gasteiger charge is 2.07. The van der Waals surface area contributed by atoms with Gasteiger partial charge in [-0.1, -0.05) is 115 Å². The number of rotatable bonds is 17. The summed E-state index contributed by atoms with van der Waals surface area (Å²) in [6.45, 7) is 5.72. The molecule has 0 bridgehead atoms. The van der Waals surface area contributed by atoms with Crippen molar-refractivity contribution in [2.75, 3.05) is 6.54 Å². The maximum atomic E-state index is 3.86. The molecule has 0 saturated carbocycles. The quantitative estimate of drug-likeness (QED) is 0.292. The standard InChI is InChI=1S/C24H43N/c1-3-5-7-9-10-11-16-20-24(19-15-8-6-4-2)25-22-21-23-17-13-12-14-18-23/h12-14,17-18,24-25H,3-11,15-16,19-22H2,1-2H3. The molecule has 1 rings (SSSR count). The summed E-state index contributed by atoms with van der Waals surface area (Å²) in [4.78, 5) is 0. The van der Waals surface area contributed by atoms with Crippen LogP contribution in [0.3, 0.4) is 0 Å². The summed E-state index contributed by atoms with van der Waals surface area (Å²) < 4.78 is 0. The molecule has 144 valence electrons. The van der Waals surface area contributed by atoms with Crippen molar-refractivity contribution < 1.29 is 0 Å². The zero-order chi connectivity index (χ0) is 18.0. The maximum absolute atomic E-state index is 3.86. The molecule has 1 unspecified atom stereocenters. The molecular formula is C24H43N. The molecule has 0 fully saturated rings. The predicted molar refractivity (Wildman–Crippen MR) is 113 cm³/mol. The Hall–Kier alpha value is -0.820. The van der Waals surface area contributed by atoms with E-state index in [-0.39, 0.29) is 0 Å². The molecule has 0 aliphatic rings. The van der Waals surface area contributed by atoms with Crippen LogP contribution in [0.2, 0.25) is 0 Å². The van der Waals surface area contributed by atoms with Gasteiger partial charge >= 0.3 is 0 Å². The third-order valence-corrected chi connectivity index (χ3v) is 5.25. The lowest BCUT2D eigenvalue weighted by Crippen LogP contribution is -2.31. The summed E-state index contributed by atoms with van der Waals surface area (Å²) in [6, 6.07) is 11.6. The minimum Gasteiger partial charge on any atom is -0.314 e. The molecule has 0 aromatic heterocycles. The van der Waals surface area contributed by atoms with Crippen LogP contribution in [0.5, 0.6) is 0 Å². The summed E-state index contributed by atoms with van der Waals surface area (Å²) in [5.41, 5.74) is 1.45. The molecule has 1 nitrogen and oxygen atoms in total. The second kappa shape index (κ2) is 16.6. The van der Waals surface area contributed by atoms with Gasteiger partial charge in [0.25, 0.3) is 0 Å². The minimum atomic E-state index is 0.733. The molecule has 1 N–H and O–H groups in total. The van der Waals surface area contributed by atoms with Crippen molar-refractivity contribution in [3.8, 4) is 0 Å². The second-order valence-electron chi connectivity index (χ2n) is 7.65. The fourth-order valence-electron chi connectivity index (χ4n) is 3.58. The summed E-state index contributed by atoms with van der Waals surface area (Å²) in [6.07, 6.45) is 19.3. The lowest BCUT2D eigenvalue weighted by molar-refractivity contribution is 0.415. The Balaban J connectivity index is 2.18. The van der Waals surface area contributed by atoms with Crippen molar-refractivity contribution in [3.63, 3.8) is 0 Å². The van der Waals surface area contributed by atoms with Crippen LogP contribution in [-0.2, 0) is 6.42 Å². The van der Waals surface area contributed by atoms with Crippen molar-refractivity contribution >= 4 is 0 Å². The van der Waals surface area contributed by atoms with Gasteiger partial charge in [0, 0.05) is 6.04 Å². The Kier molecular flexibility index (Phi) is 14.8. The van der Waals surface area contributed by atoms with Gasteiger partial charge in [-0.15, -0.1) is 0 Å². The Morgan fingerprint density at radius 1 is 0.680 bits per heavy atom. The van der Waals surface area contributed by atoms with E-state index in [4.69, 9.17) is 0 Å². The first-order valence-corrected chi connectivity index (χ1v) is 11.1. The lowest BCUT2D eigenvalue weighted by Gasteiger charge is -2.19. The fraction of sp³-hybridized carbons (Fsp3) is 0.750. The van der Waals surface area contributed by atoms with E-state index in [9.17, 15) is 0 Å². The van der Waals surface area contributed by atoms with E-state index in [1.54, 1.807) is 0 Å². The monoisotopic (exact) mass is 345 g/mol. The van der Waals surface area contributed by atoms with Crippen LogP contribution in [-0.4, -0.2) is 12.6 Å². The van der Waals surface area contributed by atoms with Gasteiger partial charge < -0.3 is 5.32 Å². The van der Waals surface area contributed by atoms with Crippen molar-refractivity contribution in [3.05, 3.63) is 35.9 Å². The normalized spacial score (nSPS) is 12.4. The topological polar surface area (TPSA) is 12.0 Å². The van der Waals surface area contributed by atoms with E-state index in [2.05, 4.69) is 49.5 Å². The van der Waals surface area contributed by atoms with E-state index < -0.39 is 0 Å². The summed E-state index contributed by atoms with van der Waals surface area (Å²) in [7, 11) is 0. The average Bonchev–Trinajstić information content (AvgIpc) is 2.64. The number of hydrogen-bond donors (Lipinski definition) is 1. The highest BCUT2D eigenvalue weighted by atomic mass is 14.9. The average molecular weight is 346 g/mol. The van der Waals surface area contributed by atoms with Crippen LogP contribution < -0.4 is 5.32 Å². The summed E-state index contributed by atoms with van der Waals surface area (Å²) >= 11 is 0. The Morgan fingerprint density at radius 2 is 1.20 bits per heavy atom. The second-order valence-corrected chi connectivity index (χ2v) is 7.65. The predicted octanol–water partition coefficient (Wildman–Crippen LogP) is 7.30. The molecule has 25 heavy (non-hydrogen) atoms. The van der Waals surface area contributed by atoms with Gasteiger partial charge in [0.05, 0.1) is 0 Å². The Bertz CT molecular complexity index is 373. The Morgan fingerprint density at radius 3 is 1.80 bits per heavy atom. The molecule has 1 atom stereocenters. The third-order valence-electron chi connectivity index (χ3n) is 5.25. The molecule has 1 aromatic rings. The zero-order valence-electron chi connectivity index (χ0n) is 17.1. The van der Waals surface area contributed by atoms with Crippen molar-refractivity contribution in [1.82, 2.24) is 5.32 Å². The van der Waals surface area contributed by atoms with Gasteiger partial charge in [-0.2, -0.15) is 0 Å². The number of hydrogen-bond acceptors (Lipinski definition) is 1. The molecule has 1 heteroatoms. The number of unbranched alkanes of at least 4 members (excludes halogenated alkanes) is 9. The van der Waals surface area contributed by atoms with Crippen molar-refractivity contribution in [2.45, 2.75) is 110 Å². The Labute approximate surface area is 158 Å². The first-order chi connectivity index (χ1) is 12.4. The van der Waals surface area contributed by atoms with E-state index in [1.807, 2.05) is 0 Å². The molecule has 0 aliphatic heterocycles. The first-order valence-electron chi connectivity index (χ1n) is 11.1. The molecular weight excluding hydrogens is 302 g/mol. The maximum Gasteiger partial charge on any atom is 0.00671 e. The molecule has 0 spiro atoms. The van der Waals surface area contributed by atoms with Gasteiger partial charge in [0.2, 0.25) is 0 Å². The van der Waals surface area contributed by atoms with Crippen molar-refractivity contribution in [1.29, 1.82) is 0 Å². The van der Waals surface area contributed by atoms with Crippen LogP contribution in [0.25, 0.3) is 0 Å². The van der Waals surface area contributed by atoms with Gasteiger partial charge in [0.15, 0.2) is 0 Å². The van der Waals surface area contributed by atoms with E-state index in [0.29, 0.717) is 0 Å². The molecule has 0 amide bonds. The van der Waals surface area contributed by atoms with Crippen molar-refractivity contribution in [2.24, 2.45) is 0 Å². The van der Waals surface area contributed by atoms with Gasteiger partial charge in [-0.3, -0.25) is 0 Å². The van der Waals surface area contributed by atoms with Crippen LogP contribution in [0, 0.1) is 0 Å². The highest BCUT2D eigenvalue weighted by Crippen LogP contribution is 2.14. The number of nitrogens with one attached hydrogen (secondary N) is 1. The third kappa shape index (κ3) is 13.1. The molecule has 0 heterocycles. The molecule has 0 aliphatic carbocycles. The minimum absolute atomic E-state index is 0.733. The van der Waals surface area contributed by atoms with E-state index in [0.717, 1.165) is 19.0 Å². The smallest absolute Gasteiger partial charge is 0.00671 e.